The predicted octanol–water partition coefficient (Wildman–Crippen LogP) is 1.81. The number of hydrogen-bond donors (Lipinski definition) is 2. The number of carbonyl (C=O) groups excluding carboxylic acids is 2. The van der Waals surface area contributed by atoms with Crippen molar-refractivity contribution in [3.63, 3.8) is 0 Å². The molecule has 1 aliphatic rings. The number of amides is 2. The third-order valence-corrected chi connectivity index (χ3v) is 4.46. The maximum absolute atomic E-state index is 12.9. The van der Waals surface area contributed by atoms with E-state index >= 15 is 0 Å². The molecule has 1 saturated heterocycles. The van der Waals surface area contributed by atoms with Crippen molar-refractivity contribution in [2.24, 2.45) is 0 Å². The van der Waals surface area contributed by atoms with Crippen LogP contribution in [0.2, 0.25) is 0 Å². The normalized spacial score (nSPS) is 16.0. The zero-order valence-electron chi connectivity index (χ0n) is 14.7. The van der Waals surface area contributed by atoms with Gasteiger partial charge in [0.1, 0.15) is 11.8 Å². The molecule has 1 unspecified atom stereocenters. The first-order chi connectivity index (χ1) is 13.4. The minimum absolute atomic E-state index is 0.141. The van der Waals surface area contributed by atoms with Gasteiger partial charge in [-0.3, -0.25) is 19.7 Å². The zero-order valence-corrected chi connectivity index (χ0v) is 14.7. The minimum Gasteiger partial charge on any atom is -0.478 e. The topological polar surface area (TPSA) is 143 Å². The molecule has 146 valence electrons. The Kier molecular flexibility index (Phi) is 5.39. The standard InChI is InChI=1S/C18H17N3O7/c22-16(19-10-14-3-2-6-28-14)15-4-1-5-20(15)17(23)11-7-12(18(24)25)9-13(8-11)21(26)27/h2-3,6-9,15H,1,4-5,10H2,(H,19,22)(H,24,25). The number of rotatable bonds is 6. The second-order valence-electron chi connectivity index (χ2n) is 6.28. The summed E-state index contributed by atoms with van der Waals surface area (Å²) in [5.74, 6) is -1.81. The van der Waals surface area contributed by atoms with Gasteiger partial charge in [0.25, 0.3) is 11.6 Å². The van der Waals surface area contributed by atoms with Gasteiger partial charge in [0.2, 0.25) is 5.91 Å². The summed E-state index contributed by atoms with van der Waals surface area (Å²) in [6, 6.07) is 5.63. The minimum atomic E-state index is -1.38. The van der Waals surface area contributed by atoms with E-state index in [-0.39, 0.29) is 23.6 Å². The maximum atomic E-state index is 12.9. The van der Waals surface area contributed by atoms with Crippen LogP contribution in [0.15, 0.2) is 41.0 Å². The number of carboxylic acid groups (broad SMARTS) is 1. The van der Waals surface area contributed by atoms with E-state index in [1.54, 1.807) is 12.1 Å². The summed E-state index contributed by atoms with van der Waals surface area (Å²) in [6.45, 7) is 0.465. The molecule has 2 amide bonds. The molecule has 2 aromatic rings. The maximum Gasteiger partial charge on any atom is 0.335 e. The van der Waals surface area contributed by atoms with Crippen LogP contribution in [0, 0.1) is 10.1 Å². The number of carbonyl (C=O) groups is 3. The first kappa shape index (κ1) is 19.1. The number of furan rings is 1. The van der Waals surface area contributed by atoms with Crippen LogP contribution < -0.4 is 5.32 Å². The van der Waals surface area contributed by atoms with Gasteiger partial charge in [-0.15, -0.1) is 0 Å². The number of nitro groups is 1. The van der Waals surface area contributed by atoms with Crippen molar-refractivity contribution >= 4 is 23.5 Å². The SMILES string of the molecule is O=C(O)c1cc(C(=O)N2CCCC2C(=O)NCc2ccco2)cc([N+](=O)[O-])c1. The van der Waals surface area contributed by atoms with E-state index in [4.69, 9.17) is 9.52 Å². The number of non-ortho nitro benzene ring substituents is 1. The van der Waals surface area contributed by atoms with Gasteiger partial charge >= 0.3 is 5.97 Å². The molecule has 1 aromatic carbocycles. The Bertz CT molecular complexity index is 891. The Hall–Kier alpha value is -3.69. The molecule has 1 fully saturated rings. The lowest BCUT2D eigenvalue weighted by Gasteiger charge is -2.24. The Morgan fingerprint density at radius 3 is 2.68 bits per heavy atom. The Balaban J connectivity index is 1.79. The third-order valence-electron chi connectivity index (χ3n) is 4.46. The molecule has 10 heteroatoms. The first-order valence-electron chi connectivity index (χ1n) is 8.50. The molecule has 3 rings (SSSR count). The Morgan fingerprint density at radius 2 is 2.04 bits per heavy atom. The van der Waals surface area contributed by atoms with Crippen molar-refractivity contribution < 1.29 is 28.8 Å². The summed E-state index contributed by atoms with van der Waals surface area (Å²) in [7, 11) is 0. The van der Waals surface area contributed by atoms with E-state index in [0.29, 0.717) is 25.1 Å². The molecule has 0 radical (unpaired) electrons. The second-order valence-corrected chi connectivity index (χ2v) is 6.28. The van der Waals surface area contributed by atoms with Crippen molar-refractivity contribution in [2.45, 2.75) is 25.4 Å². The average Bonchev–Trinajstić information content (AvgIpc) is 3.36. The highest BCUT2D eigenvalue weighted by Gasteiger charge is 2.35. The van der Waals surface area contributed by atoms with E-state index < -0.39 is 28.5 Å². The molecule has 0 spiro atoms. The highest BCUT2D eigenvalue weighted by molar-refractivity contribution is 6.00. The fourth-order valence-electron chi connectivity index (χ4n) is 3.12. The average molecular weight is 387 g/mol. The summed E-state index contributed by atoms with van der Waals surface area (Å²) in [6.07, 6.45) is 2.51. The van der Waals surface area contributed by atoms with Crippen molar-refractivity contribution in [3.8, 4) is 0 Å². The van der Waals surface area contributed by atoms with Crippen LogP contribution in [0.1, 0.15) is 39.3 Å². The summed E-state index contributed by atoms with van der Waals surface area (Å²) in [5.41, 5.74) is -1.01. The van der Waals surface area contributed by atoms with Crippen molar-refractivity contribution in [3.05, 3.63) is 63.6 Å². The highest BCUT2D eigenvalue weighted by Crippen LogP contribution is 2.24. The van der Waals surface area contributed by atoms with Crippen LogP contribution in [-0.2, 0) is 11.3 Å². The number of hydrogen-bond acceptors (Lipinski definition) is 6. The first-order valence-corrected chi connectivity index (χ1v) is 8.50. The zero-order chi connectivity index (χ0) is 20.3. The van der Waals surface area contributed by atoms with Gasteiger partial charge in [-0.2, -0.15) is 0 Å². The Labute approximate surface area is 158 Å². The number of aromatic carboxylic acids is 1. The number of benzene rings is 1. The van der Waals surface area contributed by atoms with Crippen LogP contribution in [0.4, 0.5) is 5.69 Å². The summed E-state index contributed by atoms with van der Waals surface area (Å²) >= 11 is 0. The van der Waals surface area contributed by atoms with Gasteiger partial charge in [-0.25, -0.2) is 4.79 Å². The summed E-state index contributed by atoms with van der Waals surface area (Å²) < 4.78 is 5.15. The monoisotopic (exact) mass is 387 g/mol. The van der Waals surface area contributed by atoms with Crippen LogP contribution in [0.5, 0.6) is 0 Å². The van der Waals surface area contributed by atoms with Gasteiger partial charge in [-0.1, -0.05) is 0 Å². The molecule has 28 heavy (non-hydrogen) atoms. The number of nitrogens with one attached hydrogen (secondary N) is 1. The molecular weight excluding hydrogens is 370 g/mol. The molecule has 1 aromatic heterocycles. The van der Waals surface area contributed by atoms with Gasteiger partial charge in [-0.05, 0) is 31.0 Å². The van der Waals surface area contributed by atoms with Crippen LogP contribution >= 0.6 is 0 Å². The number of likely N-dealkylation sites (tertiary alicyclic amines) is 1. The fraction of sp³-hybridized carbons (Fsp3) is 0.278. The number of nitro benzene ring substituents is 1. The van der Waals surface area contributed by atoms with Crippen LogP contribution in [0.25, 0.3) is 0 Å². The molecule has 2 heterocycles. The van der Waals surface area contributed by atoms with Gasteiger partial charge < -0.3 is 19.7 Å². The van der Waals surface area contributed by atoms with Gasteiger partial charge in [0.05, 0.1) is 23.3 Å². The Morgan fingerprint density at radius 1 is 1.29 bits per heavy atom. The molecule has 2 N–H and O–H groups in total. The summed E-state index contributed by atoms with van der Waals surface area (Å²) in [5, 5.41) is 22.9. The van der Waals surface area contributed by atoms with E-state index in [1.807, 2.05) is 0 Å². The van der Waals surface area contributed by atoms with Crippen molar-refractivity contribution in [1.82, 2.24) is 10.2 Å². The van der Waals surface area contributed by atoms with Crippen LogP contribution in [0.3, 0.4) is 0 Å². The molecule has 1 aliphatic heterocycles. The van der Waals surface area contributed by atoms with Crippen LogP contribution in [-0.4, -0.2) is 45.3 Å². The second kappa shape index (κ2) is 7.91. The summed E-state index contributed by atoms with van der Waals surface area (Å²) in [4.78, 5) is 48.2. The largest absolute Gasteiger partial charge is 0.478 e. The highest BCUT2D eigenvalue weighted by atomic mass is 16.6. The fourth-order valence-corrected chi connectivity index (χ4v) is 3.12. The van der Waals surface area contributed by atoms with E-state index in [2.05, 4.69) is 5.32 Å². The molecule has 1 atom stereocenters. The molecular formula is C18H17N3O7. The molecule has 10 nitrogen and oxygen atoms in total. The van der Waals surface area contributed by atoms with Gasteiger partial charge in [0, 0.05) is 24.2 Å². The molecule has 0 bridgehead atoms. The quantitative estimate of drug-likeness (QED) is 0.568. The lowest BCUT2D eigenvalue weighted by Crippen LogP contribution is -2.45. The lowest BCUT2D eigenvalue weighted by atomic mass is 10.1. The number of nitrogens with zero attached hydrogens (tertiary/aromatic N) is 2. The van der Waals surface area contributed by atoms with E-state index in [9.17, 15) is 24.5 Å². The molecule has 0 saturated carbocycles. The lowest BCUT2D eigenvalue weighted by molar-refractivity contribution is -0.384. The molecule has 0 aliphatic carbocycles. The van der Waals surface area contributed by atoms with Crippen molar-refractivity contribution in [1.29, 1.82) is 0 Å². The predicted molar refractivity (Wildman–Crippen MR) is 94.7 cm³/mol. The number of carboxylic acids is 1. The van der Waals surface area contributed by atoms with E-state index in [1.165, 1.54) is 11.2 Å². The van der Waals surface area contributed by atoms with Gasteiger partial charge in [0.15, 0.2) is 0 Å². The van der Waals surface area contributed by atoms with Crippen molar-refractivity contribution in [2.75, 3.05) is 6.54 Å². The third kappa shape index (κ3) is 4.00. The van der Waals surface area contributed by atoms with E-state index in [0.717, 1.165) is 18.2 Å². The smallest absolute Gasteiger partial charge is 0.335 e.